The Morgan fingerprint density at radius 1 is 1.26 bits per heavy atom. The molecule has 0 aliphatic carbocycles. The number of aliphatic imine (C=N–C) groups is 1. The zero-order valence-electron chi connectivity index (χ0n) is 10.7. The highest BCUT2D eigenvalue weighted by Gasteiger charge is 2.21. The van der Waals surface area contributed by atoms with Crippen LogP contribution in [0.4, 0.5) is 0 Å². The van der Waals surface area contributed by atoms with Crippen LogP contribution < -0.4 is 0 Å². The van der Waals surface area contributed by atoms with Gasteiger partial charge in [-0.1, -0.05) is 13.8 Å². The van der Waals surface area contributed by atoms with E-state index >= 15 is 0 Å². The second kappa shape index (κ2) is 6.68. The van der Waals surface area contributed by atoms with E-state index in [2.05, 4.69) is 17.2 Å². The van der Waals surface area contributed by atoms with Crippen LogP contribution in [0.25, 0.3) is 0 Å². The molecule has 0 fully saturated rings. The van der Waals surface area contributed by atoms with Gasteiger partial charge in [0.15, 0.2) is 0 Å². The maximum Gasteiger partial charge on any atom is 0.285 e. The van der Waals surface area contributed by atoms with Gasteiger partial charge in [-0.2, -0.15) is 9.30 Å². The largest absolute Gasteiger partial charge is 0.285 e. The number of isothiocyanates is 1. The van der Waals surface area contributed by atoms with Crippen LogP contribution >= 0.6 is 12.2 Å². The summed E-state index contributed by atoms with van der Waals surface area (Å²) in [7, 11) is -3.50. The fourth-order valence-corrected chi connectivity index (χ4v) is 3.13. The number of rotatable bonds is 5. The predicted molar refractivity (Wildman–Crippen MR) is 75.9 cm³/mol. The summed E-state index contributed by atoms with van der Waals surface area (Å²) in [6.45, 7) is 4.34. The molecule has 1 aromatic rings. The SMILES string of the molecule is CCN(CC)S(=O)(=O)c1ccc(C(=O)N=C=S)cc1. The third-order valence-corrected chi connectivity index (χ3v) is 4.75. The van der Waals surface area contributed by atoms with Crippen LogP contribution in [-0.4, -0.2) is 36.9 Å². The van der Waals surface area contributed by atoms with E-state index in [1.807, 2.05) is 5.16 Å². The summed E-state index contributed by atoms with van der Waals surface area (Å²) >= 11 is 4.34. The van der Waals surface area contributed by atoms with Crippen molar-refractivity contribution in [1.29, 1.82) is 0 Å². The quantitative estimate of drug-likeness (QED) is 0.615. The van der Waals surface area contributed by atoms with Gasteiger partial charge in [-0.05, 0) is 36.5 Å². The molecule has 0 spiro atoms. The Hall–Kier alpha value is -1.40. The first-order chi connectivity index (χ1) is 8.97. The van der Waals surface area contributed by atoms with Gasteiger partial charge < -0.3 is 0 Å². The van der Waals surface area contributed by atoms with Gasteiger partial charge in [0.05, 0.1) is 10.1 Å². The van der Waals surface area contributed by atoms with Gasteiger partial charge in [0.2, 0.25) is 10.0 Å². The number of amides is 1. The summed E-state index contributed by atoms with van der Waals surface area (Å²) in [4.78, 5) is 14.9. The molecule has 0 unspecified atom stereocenters. The number of sulfonamides is 1. The van der Waals surface area contributed by atoms with Crippen molar-refractivity contribution in [3.63, 3.8) is 0 Å². The van der Waals surface area contributed by atoms with Crippen LogP contribution in [0.1, 0.15) is 24.2 Å². The van der Waals surface area contributed by atoms with Gasteiger partial charge in [-0.15, -0.1) is 0 Å². The van der Waals surface area contributed by atoms with Crippen LogP contribution in [0.15, 0.2) is 34.2 Å². The monoisotopic (exact) mass is 298 g/mol. The Morgan fingerprint density at radius 2 is 1.79 bits per heavy atom. The van der Waals surface area contributed by atoms with Crippen molar-refractivity contribution in [2.45, 2.75) is 18.7 Å². The highest BCUT2D eigenvalue weighted by atomic mass is 32.2. The van der Waals surface area contributed by atoms with E-state index in [0.717, 1.165) is 0 Å². The van der Waals surface area contributed by atoms with Crippen molar-refractivity contribution >= 4 is 33.3 Å². The van der Waals surface area contributed by atoms with E-state index in [0.29, 0.717) is 13.1 Å². The first kappa shape index (κ1) is 15.7. The maximum atomic E-state index is 12.2. The molecule has 1 rings (SSSR count). The second-order valence-electron chi connectivity index (χ2n) is 3.62. The van der Waals surface area contributed by atoms with Gasteiger partial charge in [0.1, 0.15) is 0 Å². The van der Waals surface area contributed by atoms with E-state index in [1.165, 1.54) is 28.6 Å². The van der Waals surface area contributed by atoms with Crippen molar-refractivity contribution in [3.05, 3.63) is 29.8 Å². The number of benzene rings is 1. The Kier molecular flexibility index (Phi) is 5.50. The molecule has 102 valence electrons. The third kappa shape index (κ3) is 3.54. The smallest absolute Gasteiger partial charge is 0.266 e. The van der Waals surface area contributed by atoms with Crippen molar-refractivity contribution in [3.8, 4) is 0 Å². The summed E-state index contributed by atoms with van der Waals surface area (Å²) in [5, 5.41) is 1.98. The van der Waals surface area contributed by atoms with E-state index in [9.17, 15) is 13.2 Å². The van der Waals surface area contributed by atoms with Crippen molar-refractivity contribution in [2.75, 3.05) is 13.1 Å². The van der Waals surface area contributed by atoms with Gasteiger partial charge in [-0.3, -0.25) is 4.79 Å². The number of hydrogen-bond acceptors (Lipinski definition) is 4. The van der Waals surface area contributed by atoms with Gasteiger partial charge in [0, 0.05) is 18.7 Å². The maximum absolute atomic E-state index is 12.2. The molecule has 0 heterocycles. The normalized spacial score (nSPS) is 11.1. The molecule has 0 aromatic heterocycles. The summed E-state index contributed by atoms with van der Waals surface area (Å²) < 4.78 is 25.7. The van der Waals surface area contributed by atoms with Gasteiger partial charge >= 0.3 is 0 Å². The topological polar surface area (TPSA) is 66.8 Å². The average Bonchev–Trinajstić information content (AvgIpc) is 2.40. The van der Waals surface area contributed by atoms with Crippen molar-refractivity contribution < 1.29 is 13.2 Å². The molecule has 0 aliphatic heterocycles. The Bertz CT molecular complexity index is 598. The average molecular weight is 298 g/mol. The molecular formula is C12H14N2O3S2. The molecule has 19 heavy (non-hydrogen) atoms. The molecular weight excluding hydrogens is 284 g/mol. The molecule has 0 N–H and O–H groups in total. The minimum absolute atomic E-state index is 0.152. The highest BCUT2D eigenvalue weighted by Crippen LogP contribution is 2.16. The molecule has 0 saturated carbocycles. The second-order valence-corrected chi connectivity index (χ2v) is 5.74. The van der Waals surface area contributed by atoms with Crippen LogP contribution in [-0.2, 0) is 10.0 Å². The lowest BCUT2D eigenvalue weighted by atomic mass is 10.2. The molecule has 7 heteroatoms. The van der Waals surface area contributed by atoms with Gasteiger partial charge in [-0.25, -0.2) is 8.42 Å². The van der Waals surface area contributed by atoms with Crippen molar-refractivity contribution in [2.24, 2.45) is 4.99 Å². The van der Waals surface area contributed by atoms with E-state index < -0.39 is 15.9 Å². The first-order valence-corrected chi connectivity index (χ1v) is 7.54. The lowest BCUT2D eigenvalue weighted by Gasteiger charge is -2.18. The highest BCUT2D eigenvalue weighted by molar-refractivity contribution is 7.89. The molecule has 0 bridgehead atoms. The Balaban J connectivity index is 3.12. The zero-order valence-corrected chi connectivity index (χ0v) is 12.3. The molecule has 1 amide bonds. The minimum atomic E-state index is -3.50. The minimum Gasteiger partial charge on any atom is -0.266 e. The van der Waals surface area contributed by atoms with E-state index in [-0.39, 0.29) is 10.5 Å². The lowest BCUT2D eigenvalue weighted by molar-refractivity contribution is 0.100. The standard InChI is InChI=1S/C12H14N2O3S2/c1-3-14(4-2)19(16,17)11-7-5-10(6-8-11)12(15)13-9-18/h5-8H,3-4H2,1-2H3. The molecule has 0 saturated heterocycles. The number of hydrogen-bond donors (Lipinski definition) is 0. The number of nitrogens with zero attached hydrogens (tertiary/aromatic N) is 2. The van der Waals surface area contributed by atoms with E-state index in [1.54, 1.807) is 13.8 Å². The molecule has 5 nitrogen and oxygen atoms in total. The van der Waals surface area contributed by atoms with Crippen LogP contribution in [0.3, 0.4) is 0 Å². The molecule has 1 aromatic carbocycles. The fourth-order valence-electron chi connectivity index (χ4n) is 1.59. The first-order valence-electron chi connectivity index (χ1n) is 5.69. The molecule has 0 atom stereocenters. The summed E-state index contributed by atoms with van der Waals surface area (Å²) in [6, 6.07) is 5.60. The van der Waals surface area contributed by atoms with Gasteiger partial charge in [0.25, 0.3) is 5.91 Å². The number of carbonyl (C=O) groups excluding carboxylic acids is 1. The summed E-state index contributed by atoms with van der Waals surface area (Å²) in [5.74, 6) is -0.540. The summed E-state index contributed by atoms with van der Waals surface area (Å²) in [5.41, 5.74) is 0.274. The summed E-state index contributed by atoms with van der Waals surface area (Å²) in [6.07, 6.45) is 0. The van der Waals surface area contributed by atoms with Crippen LogP contribution in [0.5, 0.6) is 0 Å². The van der Waals surface area contributed by atoms with Crippen LogP contribution in [0, 0.1) is 0 Å². The zero-order chi connectivity index (χ0) is 14.5. The predicted octanol–water partition coefficient (Wildman–Crippen LogP) is 1.96. The third-order valence-electron chi connectivity index (χ3n) is 2.59. The van der Waals surface area contributed by atoms with E-state index in [4.69, 9.17) is 0 Å². The number of carbonyl (C=O) groups is 1. The Morgan fingerprint density at radius 3 is 2.21 bits per heavy atom. The Labute approximate surface area is 118 Å². The fraction of sp³-hybridized carbons (Fsp3) is 0.333. The number of thiocarbonyl (C=S) groups is 1. The lowest BCUT2D eigenvalue weighted by Crippen LogP contribution is -2.30. The van der Waals surface area contributed by atoms with Crippen LogP contribution in [0.2, 0.25) is 0 Å². The molecule has 0 aliphatic rings. The molecule has 0 radical (unpaired) electrons. The van der Waals surface area contributed by atoms with Crippen molar-refractivity contribution in [1.82, 2.24) is 4.31 Å².